The molecule has 8 heteroatoms. The molecule has 0 saturated carbocycles. The fraction of sp³-hybridized carbons (Fsp3) is 0.333. The molecule has 0 aromatic heterocycles. The number of hydrogen-bond acceptors (Lipinski definition) is 5. The van der Waals surface area contributed by atoms with E-state index in [-0.39, 0.29) is 0 Å². The van der Waals surface area contributed by atoms with Crippen LogP contribution in [0.2, 0.25) is 0 Å². The minimum absolute atomic E-state index is 0.727. The molecular weight excluding hydrogens is 198 g/mol. The Morgan fingerprint density at radius 1 is 1.14 bits per heavy atom. The van der Waals surface area contributed by atoms with Crippen molar-refractivity contribution in [2.75, 3.05) is 0 Å². The van der Waals surface area contributed by atoms with E-state index in [1.807, 2.05) is 0 Å². The Morgan fingerprint density at radius 2 is 1.57 bits per heavy atom. The molecule has 14 heavy (non-hydrogen) atoms. The highest BCUT2D eigenvalue weighted by Crippen LogP contribution is 2.16. The van der Waals surface area contributed by atoms with E-state index in [1.54, 1.807) is 0 Å². The van der Waals surface area contributed by atoms with Gasteiger partial charge in [-0.05, 0) is 0 Å². The number of isocyanates is 1. The van der Waals surface area contributed by atoms with Crippen LogP contribution in [0.15, 0.2) is 4.99 Å². The van der Waals surface area contributed by atoms with E-state index < -0.39 is 29.9 Å². The average molecular weight is 203 g/mol. The number of carbonyl (C=O) groups excluding carboxylic acids is 1. The monoisotopic (exact) mass is 203 g/mol. The number of rotatable bonds is 5. The molecule has 0 amide bonds. The van der Waals surface area contributed by atoms with Gasteiger partial charge >= 0.3 is 17.9 Å². The predicted octanol–water partition coefficient (Wildman–Crippen LogP) is -1.30. The number of carboxylic acid groups (broad SMARTS) is 3. The Morgan fingerprint density at radius 3 is 1.79 bits per heavy atom. The molecule has 0 saturated heterocycles. The van der Waals surface area contributed by atoms with Gasteiger partial charge in [0.1, 0.15) is 0 Å². The van der Waals surface area contributed by atoms with Crippen LogP contribution in [-0.2, 0) is 19.2 Å². The lowest BCUT2D eigenvalue weighted by Crippen LogP contribution is -2.46. The van der Waals surface area contributed by atoms with Crippen LogP contribution in [0.4, 0.5) is 0 Å². The zero-order chi connectivity index (χ0) is 11.4. The van der Waals surface area contributed by atoms with E-state index in [2.05, 4.69) is 4.99 Å². The van der Waals surface area contributed by atoms with Crippen LogP contribution < -0.4 is 0 Å². The molecule has 0 fully saturated rings. The first-order chi connectivity index (χ1) is 6.36. The first-order valence-electron chi connectivity index (χ1n) is 3.14. The standard InChI is InChI=1S/C6H5NO7/c8-2-7-6(4(11)12,5(13)14)1-3(9)10/h1H2,(H,9,10)(H,11,12)(H,13,14). The van der Waals surface area contributed by atoms with Gasteiger partial charge in [0, 0.05) is 0 Å². The molecule has 0 aromatic rings. The molecule has 3 N–H and O–H groups in total. The van der Waals surface area contributed by atoms with Gasteiger partial charge in [0.25, 0.3) is 5.54 Å². The molecule has 0 rings (SSSR count). The van der Waals surface area contributed by atoms with Gasteiger partial charge in [-0.15, -0.1) is 0 Å². The van der Waals surface area contributed by atoms with E-state index in [9.17, 15) is 19.2 Å². The van der Waals surface area contributed by atoms with Crippen LogP contribution in [-0.4, -0.2) is 44.8 Å². The van der Waals surface area contributed by atoms with E-state index >= 15 is 0 Å². The molecule has 0 aliphatic carbocycles. The summed E-state index contributed by atoms with van der Waals surface area (Å²) in [5.74, 6) is -5.76. The molecule has 0 aliphatic heterocycles. The van der Waals surface area contributed by atoms with Crippen molar-refractivity contribution >= 4 is 24.0 Å². The van der Waals surface area contributed by atoms with Crippen molar-refractivity contribution in [2.45, 2.75) is 12.0 Å². The second kappa shape index (κ2) is 4.15. The zero-order valence-electron chi connectivity index (χ0n) is 6.63. The van der Waals surface area contributed by atoms with Crippen molar-refractivity contribution in [1.82, 2.24) is 0 Å². The summed E-state index contributed by atoms with van der Waals surface area (Å²) in [6.07, 6.45) is -0.600. The SMILES string of the molecule is O=C=NC(CC(=O)O)(C(=O)O)C(=O)O. The Bertz CT molecular complexity index is 308. The van der Waals surface area contributed by atoms with Crippen LogP contribution >= 0.6 is 0 Å². The molecule has 0 unspecified atom stereocenters. The summed E-state index contributed by atoms with van der Waals surface area (Å²) in [6.45, 7) is 0. The van der Waals surface area contributed by atoms with Gasteiger partial charge in [0.15, 0.2) is 0 Å². The molecule has 76 valence electrons. The summed E-state index contributed by atoms with van der Waals surface area (Å²) in [4.78, 5) is 43.4. The molecule has 0 aromatic carbocycles. The van der Waals surface area contributed by atoms with Gasteiger partial charge in [-0.2, -0.15) is 4.99 Å². The number of carboxylic acids is 3. The Hall–Kier alpha value is -2.21. The third-order valence-electron chi connectivity index (χ3n) is 1.35. The summed E-state index contributed by atoms with van der Waals surface area (Å²) >= 11 is 0. The number of carbonyl (C=O) groups is 3. The maximum Gasteiger partial charge on any atom is 0.344 e. The van der Waals surface area contributed by atoms with Gasteiger partial charge in [0.2, 0.25) is 6.08 Å². The molecule has 8 nitrogen and oxygen atoms in total. The maximum atomic E-state index is 10.5. The van der Waals surface area contributed by atoms with Gasteiger partial charge in [-0.25, -0.2) is 14.4 Å². The summed E-state index contributed by atoms with van der Waals surface area (Å²) < 4.78 is 0. The van der Waals surface area contributed by atoms with Crippen molar-refractivity contribution < 1.29 is 34.5 Å². The van der Waals surface area contributed by atoms with E-state index in [4.69, 9.17) is 15.3 Å². The quantitative estimate of drug-likeness (QED) is 0.286. The second-order valence-electron chi connectivity index (χ2n) is 2.24. The van der Waals surface area contributed by atoms with E-state index in [0.29, 0.717) is 0 Å². The smallest absolute Gasteiger partial charge is 0.344 e. The lowest BCUT2D eigenvalue weighted by Gasteiger charge is -2.15. The summed E-state index contributed by atoms with van der Waals surface area (Å²) in [5.41, 5.74) is -2.99. The third kappa shape index (κ3) is 2.14. The molecule has 0 atom stereocenters. The van der Waals surface area contributed by atoms with Crippen LogP contribution in [0.1, 0.15) is 6.42 Å². The van der Waals surface area contributed by atoms with Crippen molar-refractivity contribution in [3.8, 4) is 0 Å². The van der Waals surface area contributed by atoms with Gasteiger partial charge in [-0.1, -0.05) is 0 Å². The van der Waals surface area contributed by atoms with Crippen LogP contribution in [0.5, 0.6) is 0 Å². The van der Waals surface area contributed by atoms with Gasteiger partial charge in [0.05, 0.1) is 6.42 Å². The van der Waals surface area contributed by atoms with Crippen molar-refractivity contribution in [3.05, 3.63) is 0 Å². The zero-order valence-corrected chi connectivity index (χ0v) is 6.63. The summed E-state index contributed by atoms with van der Waals surface area (Å²) in [5, 5.41) is 25.2. The highest BCUT2D eigenvalue weighted by molar-refractivity contribution is 6.06. The van der Waals surface area contributed by atoms with Crippen LogP contribution in [0, 0.1) is 0 Å². The Labute approximate surface area is 76.5 Å². The first-order valence-corrected chi connectivity index (χ1v) is 3.14. The highest BCUT2D eigenvalue weighted by Gasteiger charge is 2.49. The van der Waals surface area contributed by atoms with Gasteiger partial charge in [-0.3, -0.25) is 4.79 Å². The lowest BCUT2D eigenvalue weighted by molar-refractivity contribution is -0.161. The summed E-state index contributed by atoms with van der Waals surface area (Å²) in [7, 11) is 0. The minimum Gasteiger partial charge on any atom is -0.481 e. The first kappa shape index (κ1) is 11.8. The maximum absolute atomic E-state index is 10.5. The molecule has 0 spiro atoms. The van der Waals surface area contributed by atoms with Gasteiger partial charge < -0.3 is 15.3 Å². The molecule has 0 heterocycles. The highest BCUT2D eigenvalue weighted by atomic mass is 16.4. The van der Waals surface area contributed by atoms with Crippen LogP contribution in [0.25, 0.3) is 0 Å². The normalized spacial score (nSPS) is 10.0. The molecule has 0 radical (unpaired) electrons. The second-order valence-corrected chi connectivity index (χ2v) is 2.24. The number of nitrogens with zero attached hydrogens (tertiary/aromatic N) is 1. The van der Waals surface area contributed by atoms with E-state index in [0.717, 1.165) is 6.08 Å². The topological polar surface area (TPSA) is 141 Å². The Balaban J connectivity index is 5.37. The van der Waals surface area contributed by atoms with Crippen molar-refractivity contribution in [2.24, 2.45) is 4.99 Å². The average Bonchev–Trinajstić information content (AvgIpc) is 2.01. The molecule has 0 aliphatic rings. The van der Waals surface area contributed by atoms with Crippen LogP contribution in [0.3, 0.4) is 0 Å². The summed E-state index contributed by atoms with van der Waals surface area (Å²) in [6, 6.07) is 0. The number of aliphatic imine (C=N–C) groups is 1. The predicted molar refractivity (Wildman–Crippen MR) is 38.4 cm³/mol. The van der Waals surface area contributed by atoms with Crippen molar-refractivity contribution in [3.63, 3.8) is 0 Å². The Kier molecular flexibility index (Phi) is 3.49. The largest absolute Gasteiger partial charge is 0.481 e. The van der Waals surface area contributed by atoms with Crippen molar-refractivity contribution in [1.29, 1.82) is 0 Å². The molecular formula is C6H5NO7. The number of aliphatic carboxylic acids is 3. The lowest BCUT2D eigenvalue weighted by atomic mass is 9.97. The third-order valence-corrected chi connectivity index (χ3v) is 1.35. The fourth-order valence-corrected chi connectivity index (χ4v) is 0.675. The number of hydrogen-bond donors (Lipinski definition) is 3. The fourth-order valence-electron chi connectivity index (χ4n) is 0.675. The minimum atomic E-state index is -2.99. The molecule has 0 bridgehead atoms. The van der Waals surface area contributed by atoms with E-state index in [1.165, 1.54) is 0 Å².